The van der Waals surface area contributed by atoms with Gasteiger partial charge in [-0.2, -0.15) is 8.75 Å². The summed E-state index contributed by atoms with van der Waals surface area (Å²) < 4.78 is 14.3. The first kappa shape index (κ1) is 18.7. The van der Waals surface area contributed by atoms with Crippen LogP contribution in [0.2, 0.25) is 0 Å². The fraction of sp³-hybridized carbons (Fsp3) is 0.316. The van der Waals surface area contributed by atoms with Crippen LogP contribution in [-0.2, 0) is 0 Å². The van der Waals surface area contributed by atoms with E-state index in [0.717, 1.165) is 29.5 Å². The molecule has 1 atom stereocenters. The predicted molar refractivity (Wildman–Crippen MR) is 107 cm³/mol. The van der Waals surface area contributed by atoms with Gasteiger partial charge < -0.3 is 20.2 Å². The Hall–Kier alpha value is -3.05. The predicted octanol–water partition coefficient (Wildman–Crippen LogP) is 5.82. The number of aromatic nitrogens is 2. The number of hydrogen-bond donors (Lipinski definition) is 3. The molecule has 0 unspecified atom stereocenters. The van der Waals surface area contributed by atoms with Gasteiger partial charge in [-0.15, -0.1) is 0 Å². The molecule has 140 valence electrons. The van der Waals surface area contributed by atoms with Crippen LogP contribution >= 0.6 is 11.7 Å². The van der Waals surface area contributed by atoms with Crippen molar-refractivity contribution < 1.29 is 9.52 Å². The zero-order valence-electron chi connectivity index (χ0n) is 15.4. The van der Waals surface area contributed by atoms with E-state index in [-0.39, 0.29) is 17.5 Å². The fourth-order valence-corrected chi connectivity index (χ4v) is 3.08. The topological polar surface area (TPSA) is 87.6 Å². The Labute approximate surface area is 162 Å². The molecule has 8 heteroatoms. The summed E-state index contributed by atoms with van der Waals surface area (Å²) in [5.41, 5.74) is 1.74. The van der Waals surface area contributed by atoms with Gasteiger partial charge in [-0.1, -0.05) is 32.9 Å². The summed E-state index contributed by atoms with van der Waals surface area (Å²) in [7, 11) is 0. The van der Waals surface area contributed by atoms with Crippen LogP contribution < -0.4 is 10.6 Å². The molecule has 0 radical (unpaired) electrons. The molecule has 1 aromatic carbocycles. The van der Waals surface area contributed by atoms with E-state index in [1.807, 2.05) is 0 Å². The molecule has 2 heterocycles. The molecule has 27 heavy (non-hydrogen) atoms. The molecule has 0 saturated carbocycles. The van der Waals surface area contributed by atoms with Gasteiger partial charge in [0.15, 0.2) is 11.6 Å². The first-order chi connectivity index (χ1) is 13.0. The van der Waals surface area contributed by atoms with E-state index in [2.05, 4.69) is 51.1 Å². The number of rotatable bonds is 7. The van der Waals surface area contributed by atoms with Crippen molar-refractivity contribution >= 4 is 34.7 Å². The van der Waals surface area contributed by atoms with E-state index in [9.17, 15) is 5.11 Å². The largest absolute Gasteiger partial charge is 0.517 e. The van der Waals surface area contributed by atoms with Gasteiger partial charge in [-0.05, 0) is 30.0 Å². The Morgan fingerprint density at radius 1 is 1.30 bits per heavy atom. The molecule has 3 rings (SSSR count). The average molecular weight is 383 g/mol. The highest BCUT2D eigenvalue weighted by molar-refractivity contribution is 6.99. The zero-order valence-corrected chi connectivity index (χ0v) is 16.2. The second kappa shape index (κ2) is 8.10. The van der Waals surface area contributed by atoms with Gasteiger partial charge in [0.25, 0.3) is 0 Å². The van der Waals surface area contributed by atoms with Crippen molar-refractivity contribution in [3.05, 3.63) is 53.3 Å². The number of furan rings is 1. The standard InChI is InChI=1S/C19H21N5O2S/c1-5-13(16-9-12(10-26-16)11(2)3)21-18-19(24-27-23-18)22-15-8-6-7-14(20-4)17(15)25/h6-11,13,25H,5H2,1-3H3,(H,21,23)(H,22,24)/t13-/m1/s1. The summed E-state index contributed by atoms with van der Waals surface area (Å²) in [6.45, 7) is 13.4. The maximum Gasteiger partial charge on any atom is 0.230 e. The van der Waals surface area contributed by atoms with Gasteiger partial charge in [0, 0.05) is 0 Å². The van der Waals surface area contributed by atoms with Gasteiger partial charge >= 0.3 is 0 Å². The highest BCUT2D eigenvalue weighted by atomic mass is 32.1. The maximum atomic E-state index is 10.2. The second-order valence-electron chi connectivity index (χ2n) is 6.41. The number of phenols is 1. The van der Waals surface area contributed by atoms with Crippen LogP contribution in [0.1, 0.15) is 50.5 Å². The maximum absolute atomic E-state index is 10.2. The molecule has 0 aliphatic heterocycles. The Balaban J connectivity index is 1.81. The molecule has 0 aliphatic carbocycles. The highest BCUT2D eigenvalue weighted by Crippen LogP contribution is 2.37. The molecule has 0 amide bonds. The average Bonchev–Trinajstić information content (AvgIpc) is 3.31. The molecule has 7 nitrogen and oxygen atoms in total. The smallest absolute Gasteiger partial charge is 0.230 e. The number of hydrogen-bond acceptors (Lipinski definition) is 7. The van der Waals surface area contributed by atoms with E-state index in [1.165, 1.54) is 0 Å². The number of nitrogens with one attached hydrogen (secondary N) is 2. The van der Waals surface area contributed by atoms with Crippen molar-refractivity contribution in [2.75, 3.05) is 10.6 Å². The fourth-order valence-electron chi connectivity index (χ4n) is 2.61. The van der Waals surface area contributed by atoms with Crippen LogP contribution in [0.3, 0.4) is 0 Å². The number of phenolic OH excluding ortho intramolecular Hbond substituents is 1. The normalized spacial score (nSPS) is 12.0. The van der Waals surface area contributed by atoms with Crippen molar-refractivity contribution in [2.24, 2.45) is 0 Å². The minimum absolute atomic E-state index is 0.0508. The van der Waals surface area contributed by atoms with E-state index >= 15 is 0 Å². The summed E-state index contributed by atoms with van der Waals surface area (Å²) in [5.74, 6) is 2.20. The van der Waals surface area contributed by atoms with Crippen LogP contribution in [-0.4, -0.2) is 13.9 Å². The Bertz CT molecular complexity index is 957. The summed E-state index contributed by atoms with van der Waals surface area (Å²) in [6.07, 6.45) is 2.59. The summed E-state index contributed by atoms with van der Waals surface area (Å²) >= 11 is 1.06. The van der Waals surface area contributed by atoms with Crippen LogP contribution in [0.15, 0.2) is 34.9 Å². The van der Waals surface area contributed by atoms with Crippen molar-refractivity contribution in [1.82, 2.24) is 8.75 Å². The molecule has 0 saturated heterocycles. The van der Waals surface area contributed by atoms with E-state index in [4.69, 9.17) is 11.0 Å². The summed E-state index contributed by atoms with van der Waals surface area (Å²) in [4.78, 5) is 3.30. The SMILES string of the molecule is [C-]#[N+]c1cccc(Nc2nsnc2N[C@H](CC)c2cc(C(C)C)co2)c1O. The van der Waals surface area contributed by atoms with Crippen molar-refractivity contribution in [2.45, 2.75) is 39.2 Å². The van der Waals surface area contributed by atoms with Gasteiger partial charge in [0.2, 0.25) is 5.69 Å². The van der Waals surface area contributed by atoms with Crippen molar-refractivity contribution in [3.8, 4) is 5.75 Å². The lowest BCUT2D eigenvalue weighted by molar-refractivity contribution is 0.471. The zero-order chi connectivity index (χ0) is 19.4. The van der Waals surface area contributed by atoms with Crippen LogP contribution in [0.4, 0.5) is 23.0 Å². The van der Waals surface area contributed by atoms with Gasteiger partial charge in [0.1, 0.15) is 11.5 Å². The number of anilines is 3. The van der Waals surface area contributed by atoms with Gasteiger partial charge in [-0.25, -0.2) is 4.85 Å². The first-order valence-corrected chi connectivity index (χ1v) is 9.40. The van der Waals surface area contributed by atoms with Gasteiger partial charge in [-0.3, -0.25) is 0 Å². The molecule has 0 fully saturated rings. The van der Waals surface area contributed by atoms with Crippen LogP contribution in [0.5, 0.6) is 5.75 Å². The third-order valence-corrected chi connectivity index (χ3v) is 4.77. The third-order valence-electron chi connectivity index (χ3n) is 4.25. The Kier molecular flexibility index (Phi) is 5.62. The molecule has 0 spiro atoms. The number of para-hydroxylation sites is 1. The molecule has 0 aliphatic rings. The number of aromatic hydroxyl groups is 1. The molecule has 3 aromatic rings. The quantitative estimate of drug-likeness (QED) is 0.352. The van der Waals surface area contributed by atoms with Crippen LogP contribution in [0.25, 0.3) is 4.85 Å². The van der Waals surface area contributed by atoms with Gasteiger partial charge in [0.05, 0.1) is 36.3 Å². The van der Waals surface area contributed by atoms with Crippen molar-refractivity contribution in [3.63, 3.8) is 0 Å². The number of benzene rings is 1. The van der Waals surface area contributed by atoms with E-state index < -0.39 is 0 Å². The lowest BCUT2D eigenvalue weighted by Gasteiger charge is -2.15. The monoisotopic (exact) mass is 383 g/mol. The lowest BCUT2D eigenvalue weighted by atomic mass is 10.1. The molecular weight excluding hydrogens is 362 g/mol. The minimum atomic E-state index is -0.105. The van der Waals surface area contributed by atoms with E-state index in [0.29, 0.717) is 23.2 Å². The second-order valence-corrected chi connectivity index (χ2v) is 6.94. The Morgan fingerprint density at radius 2 is 2.07 bits per heavy atom. The summed E-state index contributed by atoms with van der Waals surface area (Å²) in [5, 5.41) is 16.6. The molecular formula is C19H21N5O2S. The minimum Gasteiger partial charge on any atom is -0.517 e. The lowest BCUT2D eigenvalue weighted by Crippen LogP contribution is -2.10. The number of nitrogens with zero attached hydrogens (tertiary/aromatic N) is 3. The molecule has 0 bridgehead atoms. The van der Waals surface area contributed by atoms with E-state index in [1.54, 1.807) is 24.5 Å². The van der Waals surface area contributed by atoms with Crippen LogP contribution in [0, 0.1) is 6.57 Å². The third kappa shape index (κ3) is 4.04. The first-order valence-electron chi connectivity index (χ1n) is 8.67. The highest BCUT2D eigenvalue weighted by Gasteiger charge is 2.19. The summed E-state index contributed by atoms with van der Waals surface area (Å²) in [6, 6.07) is 6.95. The molecule has 3 N–H and O–H groups in total. The van der Waals surface area contributed by atoms with Crippen molar-refractivity contribution in [1.29, 1.82) is 0 Å². The Morgan fingerprint density at radius 3 is 2.74 bits per heavy atom. The molecule has 2 aromatic heterocycles.